The van der Waals surface area contributed by atoms with Crippen LogP contribution in [0.15, 0.2) is 160 Å². The summed E-state index contributed by atoms with van der Waals surface area (Å²) < 4.78 is 13.2. The van der Waals surface area contributed by atoms with Gasteiger partial charge < -0.3 is 13.7 Å². The summed E-state index contributed by atoms with van der Waals surface area (Å²) >= 11 is 0. The molecule has 0 N–H and O–H groups in total. The first-order valence-electron chi connectivity index (χ1n) is 14.5. The molecule has 3 nitrogen and oxygen atoms in total. The van der Waals surface area contributed by atoms with Gasteiger partial charge in [-0.15, -0.1) is 0 Å². The van der Waals surface area contributed by atoms with Gasteiger partial charge in [-0.1, -0.05) is 97.1 Å². The minimum atomic E-state index is 0.846. The monoisotopic (exact) mass is 551 g/mol. The minimum absolute atomic E-state index is 0.846. The van der Waals surface area contributed by atoms with E-state index in [4.69, 9.17) is 8.83 Å². The fourth-order valence-electron chi connectivity index (χ4n) is 6.61. The summed E-state index contributed by atoms with van der Waals surface area (Å²) in [5.74, 6) is 0. The van der Waals surface area contributed by atoms with E-state index in [1.807, 2.05) is 24.3 Å². The average Bonchev–Trinajstić information content (AvgIpc) is 3.64. The topological polar surface area (TPSA) is 29.5 Å². The summed E-state index contributed by atoms with van der Waals surface area (Å²) in [5, 5.41) is 6.70. The highest BCUT2D eigenvalue weighted by Crippen LogP contribution is 2.49. The molecule has 0 amide bonds. The third-order valence-corrected chi connectivity index (χ3v) is 8.45. The van der Waals surface area contributed by atoms with Gasteiger partial charge in [0.15, 0.2) is 0 Å². The Balaban J connectivity index is 1.46. The fraction of sp³-hybridized carbons (Fsp3) is 0. The molecule has 0 aliphatic rings. The largest absolute Gasteiger partial charge is 0.456 e. The predicted octanol–water partition coefficient (Wildman–Crippen LogP) is 11.8. The van der Waals surface area contributed by atoms with Crippen molar-refractivity contribution >= 4 is 71.7 Å². The van der Waals surface area contributed by atoms with Crippen LogP contribution in [0.1, 0.15) is 0 Å². The Bertz CT molecular complexity index is 2410. The van der Waals surface area contributed by atoms with Crippen LogP contribution in [0.4, 0.5) is 17.1 Å². The number of furan rings is 2. The van der Waals surface area contributed by atoms with Crippen molar-refractivity contribution < 1.29 is 8.83 Å². The summed E-state index contributed by atoms with van der Waals surface area (Å²) in [6.45, 7) is 0. The van der Waals surface area contributed by atoms with Gasteiger partial charge in [-0.05, 0) is 70.9 Å². The normalized spacial score (nSPS) is 11.7. The molecule has 0 saturated carbocycles. The van der Waals surface area contributed by atoms with E-state index < -0.39 is 0 Å². The van der Waals surface area contributed by atoms with E-state index in [1.54, 1.807) is 0 Å². The standard InChI is InChI=1S/C40H25NO2/c1-3-14-27(15-4-1)41(28-16-5-2-6-17-28)33-23-22-32-39-36(25-24-35-38(39)31-19-9-10-21-34(31)42-35)43-40(32)37(33)30-20-11-13-26-12-7-8-18-29(26)30/h1-25H. The second kappa shape index (κ2) is 9.37. The Hall–Kier alpha value is -5.80. The molecule has 0 aliphatic heterocycles. The van der Waals surface area contributed by atoms with Crippen LogP contribution in [0, 0.1) is 0 Å². The zero-order chi connectivity index (χ0) is 28.3. The number of anilines is 3. The summed E-state index contributed by atoms with van der Waals surface area (Å²) in [6.07, 6.45) is 0. The molecule has 202 valence electrons. The number of rotatable bonds is 4. The van der Waals surface area contributed by atoms with Crippen LogP contribution in [0.3, 0.4) is 0 Å². The van der Waals surface area contributed by atoms with Crippen LogP contribution in [0.25, 0.3) is 65.8 Å². The molecule has 2 aromatic heterocycles. The molecule has 3 heteroatoms. The number of nitrogens with zero attached hydrogens (tertiary/aromatic N) is 1. The molecule has 2 heterocycles. The van der Waals surface area contributed by atoms with Crippen molar-refractivity contribution in [3.63, 3.8) is 0 Å². The Morgan fingerprint density at radius 1 is 0.395 bits per heavy atom. The maximum atomic E-state index is 6.91. The summed E-state index contributed by atoms with van der Waals surface area (Å²) in [6, 6.07) is 53.0. The third-order valence-electron chi connectivity index (χ3n) is 8.45. The van der Waals surface area contributed by atoms with Gasteiger partial charge in [-0.25, -0.2) is 0 Å². The molecule has 0 spiro atoms. The second-order valence-corrected chi connectivity index (χ2v) is 10.9. The fourth-order valence-corrected chi connectivity index (χ4v) is 6.61. The molecule has 0 fully saturated rings. The van der Waals surface area contributed by atoms with Gasteiger partial charge in [-0.2, -0.15) is 0 Å². The Morgan fingerprint density at radius 3 is 1.77 bits per heavy atom. The van der Waals surface area contributed by atoms with E-state index in [9.17, 15) is 0 Å². The van der Waals surface area contributed by atoms with Crippen LogP contribution in [0.2, 0.25) is 0 Å². The quantitative estimate of drug-likeness (QED) is 0.218. The Kier molecular flexibility index (Phi) is 5.20. The summed E-state index contributed by atoms with van der Waals surface area (Å²) in [7, 11) is 0. The highest BCUT2D eigenvalue weighted by atomic mass is 16.3. The van der Waals surface area contributed by atoms with E-state index in [2.05, 4.69) is 132 Å². The molecule has 0 bridgehead atoms. The minimum Gasteiger partial charge on any atom is -0.456 e. The second-order valence-electron chi connectivity index (χ2n) is 10.9. The van der Waals surface area contributed by atoms with E-state index in [1.165, 1.54) is 10.8 Å². The van der Waals surface area contributed by atoms with Gasteiger partial charge in [0.05, 0.1) is 5.69 Å². The van der Waals surface area contributed by atoms with Gasteiger partial charge in [0.25, 0.3) is 0 Å². The zero-order valence-electron chi connectivity index (χ0n) is 23.2. The lowest BCUT2D eigenvalue weighted by Gasteiger charge is -2.28. The number of para-hydroxylation sites is 3. The molecule has 0 aliphatic carbocycles. The molecule has 9 aromatic rings. The number of hydrogen-bond donors (Lipinski definition) is 0. The number of fused-ring (bicyclic) bond motifs is 8. The Labute approximate surface area is 247 Å². The molecule has 43 heavy (non-hydrogen) atoms. The van der Waals surface area contributed by atoms with Gasteiger partial charge in [0.1, 0.15) is 22.3 Å². The maximum absolute atomic E-state index is 6.91. The van der Waals surface area contributed by atoms with Crippen molar-refractivity contribution in [1.82, 2.24) is 0 Å². The van der Waals surface area contributed by atoms with Crippen molar-refractivity contribution in [3.8, 4) is 11.1 Å². The van der Waals surface area contributed by atoms with E-state index in [0.29, 0.717) is 0 Å². The zero-order valence-corrected chi connectivity index (χ0v) is 23.2. The van der Waals surface area contributed by atoms with Crippen LogP contribution in [-0.2, 0) is 0 Å². The molecular weight excluding hydrogens is 526 g/mol. The van der Waals surface area contributed by atoms with Crippen molar-refractivity contribution in [2.24, 2.45) is 0 Å². The van der Waals surface area contributed by atoms with Crippen molar-refractivity contribution in [2.75, 3.05) is 4.90 Å². The van der Waals surface area contributed by atoms with Crippen LogP contribution in [-0.4, -0.2) is 0 Å². The molecule has 0 atom stereocenters. The Morgan fingerprint density at radius 2 is 1.00 bits per heavy atom. The lowest BCUT2D eigenvalue weighted by Crippen LogP contribution is -2.11. The molecule has 7 aromatic carbocycles. The maximum Gasteiger partial charge on any atom is 0.145 e. The SMILES string of the molecule is c1ccc(N(c2ccccc2)c2ccc3c(oc4ccc5oc6ccccc6c5c43)c2-c2cccc3ccccc23)cc1. The van der Waals surface area contributed by atoms with E-state index >= 15 is 0 Å². The average molecular weight is 552 g/mol. The van der Waals surface area contributed by atoms with Crippen LogP contribution < -0.4 is 4.90 Å². The molecule has 0 unspecified atom stereocenters. The summed E-state index contributed by atoms with van der Waals surface area (Å²) in [5.41, 5.74) is 8.84. The first-order valence-corrected chi connectivity index (χ1v) is 14.5. The van der Waals surface area contributed by atoms with E-state index in [0.717, 1.165) is 72.1 Å². The highest BCUT2D eigenvalue weighted by Gasteiger charge is 2.25. The predicted molar refractivity (Wildman–Crippen MR) is 179 cm³/mol. The first-order chi connectivity index (χ1) is 21.3. The van der Waals surface area contributed by atoms with Crippen LogP contribution >= 0.6 is 0 Å². The molecule has 0 saturated heterocycles. The van der Waals surface area contributed by atoms with Crippen molar-refractivity contribution in [2.45, 2.75) is 0 Å². The lowest BCUT2D eigenvalue weighted by molar-refractivity contribution is 0.663. The molecular formula is C40H25NO2. The number of benzene rings is 7. The molecule has 9 rings (SSSR count). The number of hydrogen-bond acceptors (Lipinski definition) is 3. The van der Waals surface area contributed by atoms with Gasteiger partial charge in [0, 0.05) is 38.5 Å². The van der Waals surface area contributed by atoms with Gasteiger partial charge >= 0.3 is 0 Å². The van der Waals surface area contributed by atoms with Gasteiger partial charge in [-0.3, -0.25) is 0 Å². The molecule has 0 radical (unpaired) electrons. The first kappa shape index (κ1) is 23.9. The van der Waals surface area contributed by atoms with Crippen molar-refractivity contribution in [3.05, 3.63) is 152 Å². The van der Waals surface area contributed by atoms with Crippen molar-refractivity contribution in [1.29, 1.82) is 0 Å². The smallest absolute Gasteiger partial charge is 0.145 e. The lowest BCUT2D eigenvalue weighted by atomic mass is 9.93. The highest BCUT2D eigenvalue weighted by molar-refractivity contribution is 6.28. The summed E-state index contributed by atoms with van der Waals surface area (Å²) in [4.78, 5) is 2.33. The van der Waals surface area contributed by atoms with Gasteiger partial charge in [0.2, 0.25) is 0 Å². The van der Waals surface area contributed by atoms with Crippen LogP contribution in [0.5, 0.6) is 0 Å². The third kappa shape index (κ3) is 3.62. The van der Waals surface area contributed by atoms with E-state index in [-0.39, 0.29) is 0 Å².